The summed E-state index contributed by atoms with van der Waals surface area (Å²) in [5.41, 5.74) is 3.56. The molecule has 5 atom stereocenters. The number of hydrogen-bond donors (Lipinski definition) is 6. The molecule has 0 bridgehead atoms. The van der Waals surface area contributed by atoms with Crippen LogP contribution in [0.1, 0.15) is 49.3 Å². The summed E-state index contributed by atoms with van der Waals surface area (Å²) < 4.78 is 33.6. The van der Waals surface area contributed by atoms with Crippen LogP contribution < -0.4 is 20.9 Å². The highest BCUT2D eigenvalue weighted by molar-refractivity contribution is 5.84. The van der Waals surface area contributed by atoms with Gasteiger partial charge in [-0.2, -0.15) is 23.1 Å². The molecule has 1 saturated carbocycles. The molecule has 50 heavy (non-hydrogen) atoms. The van der Waals surface area contributed by atoms with Crippen LogP contribution >= 0.6 is 0 Å². The minimum atomic E-state index is -5.08. The monoisotopic (exact) mass is 698 g/mol. The first-order valence-electron chi connectivity index (χ1n) is 16.4. The smallest absolute Gasteiger partial charge is 0.475 e. The predicted molar refractivity (Wildman–Crippen MR) is 180 cm³/mol. The number of likely N-dealkylation sites (N-methyl/N-ethyl adjacent to an activating group) is 1. The van der Waals surface area contributed by atoms with E-state index in [9.17, 15) is 28.2 Å². The van der Waals surface area contributed by atoms with Crippen LogP contribution in [0.4, 0.5) is 24.9 Å². The zero-order chi connectivity index (χ0) is 36.0. The van der Waals surface area contributed by atoms with E-state index in [1.54, 1.807) is 13.3 Å². The number of benzene rings is 2. The lowest BCUT2D eigenvalue weighted by Crippen LogP contribution is -2.42. The number of rotatable bonds is 10. The van der Waals surface area contributed by atoms with Gasteiger partial charge in [0.05, 0.1) is 18.4 Å². The number of hydrogen-bond acceptors (Lipinski definition) is 10. The van der Waals surface area contributed by atoms with Crippen LogP contribution in [-0.2, 0) is 9.59 Å². The summed E-state index contributed by atoms with van der Waals surface area (Å²) in [5.74, 6) is -1.63. The maximum Gasteiger partial charge on any atom is 0.490 e. The molecule has 16 heteroatoms. The molecule has 0 unspecified atom stereocenters. The van der Waals surface area contributed by atoms with Gasteiger partial charge in [0, 0.05) is 38.0 Å². The van der Waals surface area contributed by atoms with Crippen molar-refractivity contribution in [3.05, 3.63) is 78.1 Å². The normalized spacial score (nSPS) is 22.0. The molecule has 3 heterocycles. The highest BCUT2D eigenvalue weighted by Gasteiger charge is 2.44. The van der Waals surface area contributed by atoms with Gasteiger partial charge in [-0.25, -0.2) is 9.78 Å². The fraction of sp³-hybridized carbons (Fsp3) is 0.441. The number of amides is 1. The van der Waals surface area contributed by atoms with Crippen molar-refractivity contribution in [3.8, 4) is 0 Å². The SMILES string of the molecule is CCC(=O)N[C@H]1C[C@@H](n2cnc3c(NCC(c4ccccc4)c4ccccc4)nc(N4CC[C@@H](NC)C4)nc32)[C@H](O)[C@@H]1O.O=C(O)C(F)(F)F. The second kappa shape index (κ2) is 15.8. The van der Waals surface area contributed by atoms with E-state index in [1.807, 2.05) is 23.7 Å². The molecule has 6 rings (SSSR count). The Morgan fingerprint density at radius 1 is 1.00 bits per heavy atom. The molecule has 1 amide bonds. The van der Waals surface area contributed by atoms with Crippen LogP contribution in [-0.4, -0.2) is 104 Å². The summed E-state index contributed by atoms with van der Waals surface area (Å²) in [7, 11) is 1.97. The number of carboxylic acids is 1. The average molecular weight is 699 g/mol. The maximum absolute atomic E-state index is 12.1. The average Bonchev–Trinajstić information content (AvgIpc) is 3.84. The van der Waals surface area contributed by atoms with Crippen molar-refractivity contribution in [2.45, 2.75) is 68.6 Å². The molecule has 2 aromatic carbocycles. The van der Waals surface area contributed by atoms with Crippen molar-refractivity contribution >= 4 is 34.8 Å². The molecule has 1 aliphatic heterocycles. The van der Waals surface area contributed by atoms with E-state index in [1.165, 1.54) is 11.1 Å². The molecular formula is C34H41F3N8O5. The van der Waals surface area contributed by atoms with E-state index < -0.39 is 36.4 Å². The van der Waals surface area contributed by atoms with E-state index in [-0.39, 0.29) is 11.8 Å². The summed E-state index contributed by atoms with van der Waals surface area (Å²) in [6.07, 6.45) is -3.96. The number of nitrogens with zero attached hydrogens (tertiary/aromatic N) is 5. The number of nitrogens with one attached hydrogen (secondary N) is 3. The number of halogens is 3. The van der Waals surface area contributed by atoms with Gasteiger partial charge in [0.15, 0.2) is 17.0 Å². The van der Waals surface area contributed by atoms with Gasteiger partial charge in [-0.15, -0.1) is 0 Å². The largest absolute Gasteiger partial charge is 0.490 e. The summed E-state index contributed by atoms with van der Waals surface area (Å²) in [4.78, 5) is 37.8. The van der Waals surface area contributed by atoms with Crippen LogP contribution in [0.2, 0.25) is 0 Å². The van der Waals surface area contributed by atoms with Gasteiger partial charge in [0.25, 0.3) is 0 Å². The van der Waals surface area contributed by atoms with Crippen LogP contribution in [0.3, 0.4) is 0 Å². The first kappa shape index (κ1) is 36.5. The van der Waals surface area contributed by atoms with E-state index in [0.29, 0.717) is 48.4 Å². The van der Waals surface area contributed by atoms with Gasteiger partial charge in [0.2, 0.25) is 11.9 Å². The Morgan fingerprint density at radius 2 is 1.62 bits per heavy atom. The van der Waals surface area contributed by atoms with Crippen molar-refractivity contribution < 1.29 is 38.1 Å². The molecule has 1 aliphatic carbocycles. The molecule has 1 saturated heterocycles. The number of carboxylic acid groups (broad SMARTS) is 1. The third-order valence-corrected chi connectivity index (χ3v) is 9.09. The minimum Gasteiger partial charge on any atom is -0.475 e. The number of aliphatic hydroxyl groups excluding tert-OH is 2. The number of imidazole rings is 1. The van der Waals surface area contributed by atoms with E-state index in [2.05, 4.69) is 69.4 Å². The third kappa shape index (κ3) is 8.31. The van der Waals surface area contributed by atoms with Gasteiger partial charge < -0.3 is 40.7 Å². The Morgan fingerprint density at radius 3 is 2.16 bits per heavy atom. The lowest BCUT2D eigenvalue weighted by molar-refractivity contribution is -0.192. The standard InChI is InChI=1S/C32H40N8O3.C2HF3O2/c1-3-26(41)36-24-16-25(29(43)28(24)42)40-19-35-27-30(37-32(38-31(27)40)39-15-14-22(18-39)33-2)34-17-23(20-10-6-4-7-11-20)21-12-8-5-9-13-21;3-2(4,5)1(6)7/h4-13,19,22-25,28-29,33,42-43H,3,14-18H2,1-2H3,(H,36,41)(H,34,37,38);(H,6,7)/t22-,24+,25-,28-,29+;/m1./s1. The first-order chi connectivity index (χ1) is 23.9. The molecule has 268 valence electrons. The number of fused-ring (bicyclic) bond motifs is 1. The number of carbonyl (C=O) groups is 2. The maximum atomic E-state index is 12.1. The highest BCUT2D eigenvalue weighted by atomic mass is 19.4. The Labute approximate surface area is 286 Å². The van der Waals surface area contributed by atoms with Crippen molar-refractivity contribution in [3.63, 3.8) is 0 Å². The molecular weight excluding hydrogens is 657 g/mol. The molecule has 2 aliphatic rings. The molecule has 4 aromatic rings. The van der Waals surface area contributed by atoms with Gasteiger partial charge in [-0.3, -0.25) is 4.79 Å². The summed E-state index contributed by atoms with van der Waals surface area (Å²) >= 11 is 0. The third-order valence-electron chi connectivity index (χ3n) is 9.09. The van der Waals surface area contributed by atoms with Gasteiger partial charge >= 0.3 is 12.1 Å². The molecule has 0 spiro atoms. The lowest BCUT2D eigenvalue weighted by atomic mass is 9.91. The second-order valence-electron chi connectivity index (χ2n) is 12.3. The number of carbonyl (C=O) groups excluding carboxylic acids is 1. The topological polar surface area (TPSA) is 178 Å². The minimum absolute atomic E-state index is 0.0770. The molecule has 2 fully saturated rings. The van der Waals surface area contributed by atoms with E-state index in [0.717, 1.165) is 19.5 Å². The molecule has 13 nitrogen and oxygen atoms in total. The summed E-state index contributed by atoms with van der Waals surface area (Å²) in [5, 5.41) is 38.8. The quantitative estimate of drug-likeness (QED) is 0.144. The van der Waals surface area contributed by atoms with Crippen LogP contribution in [0.15, 0.2) is 67.0 Å². The van der Waals surface area contributed by atoms with Crippen LogP contribution in [0.25, 0.3) is 11.2 Å². The van der Waals surface area contributed by atoms with Crippen molar-refractivity contribution in [1.82, 2.24) is 30.2 Å². The second-order valence-corrected chi connectivity index (χ2v) is 12.3. The highest BCUT2D eigenvalue weighted by Crippen LogP contribution is 2.35. The first-order valence-corrected chi connectivity index (χ1v) is 16.4. The van der Waals surface area contributed by atoms with Crippen LogP contribution in [0.5, 0.6) is 0 Å². The number of aromatic nitrogens is 4. The number of anilines is 2. The van der Waals surface area contributed by atoms with Crippen molar-refractivity contribution in [2.24, 2.45) is 0 Å². The summed E-state index contributed by atoms with van der Waals surface area (Å²) in [6, 6.07) is 20.1. The van der Waals surface area contributed by atoms with Gasteiger partial charge in [-0.05, 0) is 31.0 Å². The lowest BCUT2D eigenvalue weighted by Gasteiger charge is -2.22. The summed E-state index contributed by atoms with van der Waals surface area (Å²) in [6.45, 7) is 3.94. The predicted octanol–water partition coefficient (Wildman–Crippen LogP) is 3.06. The Balaban J connectivity index is 0.000000630. The van der Waals surface area contributed by atoms with Crippen LogP contribution in [0, 0.1) is 0 Å². The van der Waals surface area contributed by atoms with E-state index >= 15 is 0 Å². The Bertz CT molecular complexity index is 1700. The van der Waals surface area contributed by atoms with E-state index in [4.69, 9.17) is 24.9 Å². The zero-order valence-electron chi connectivity index (χ0n) is 27.6. The fourth-order valence-electron chi connectivity index (χ4n) is 6.32. The van der Waals surface area contributed by atoms with Crippen molar-refractivity contribution in [2.75, 3.05) is 36.9 Å². The van der Waals surface area contributed by atoms with Gasteiger partial charge in [0.1, 0.15) is 12.2 Å². The molecule has 0 radical (unpaired) electrons. The molecule has 2 aromatic heterocycles. The zero-order valence-corrected chi connectivity index (χ0v) is 27.6. The Hall–Kier alpha value is -4.80. The number of aliphatic carboxylic acids is 1. The number of alkyl halides is 3. The van der Waals surface area contributed by atoms with Gasteiger partial charge in [-0.1, -0.05) is 67.6 Å². The fourth-order valence-corrected chi connectivity index (χ4v) is 6.32. The van der Waals surface area contributed by atoms with Crippen molar-refractivity contribution in [1.29, 1.82) is 0 Å². The Kier molecular flexibility index (Phi) is 11.5. The molecule has 6 N–H and O–H groups in total. The number of aliphatic hydroxyl groups is 2.